The van der Waals surface area contributed by atoms with Crippen molar-refractivity contribution in [2.75, 3.05) is 13.2 Å². The Labute approximate surface area is 148 Å². The Hall–Kier alpha value is -1.27. The number of alkyl halides is 3. The zero-order valence-electron chi connectivity index (χ0n) is 14.9. The molecular weight excluding hydrogens is 331 g/mol. The number of ether oxygens (including phenoxy) is 1. The molecule has 3 N–H and O–H groups in total. The van der Waals surface area contributed by atoms with E-state index in [1.165, 1.54) is 6.07 Å². The first-order chi connectivity index (χ1) is 11.9. The second-order valence-corrected chi connectivity index (χ2v) is 6.40. The number of benzene rings is 1. The summed E-state index contributed by atoms with van der Waals surface area (Å²) >= 11 is 0. The zero-order chi connectivity index (χ0) is 18.7. The summed E-state index contributed by atoms with van der Waals surface area (Å²) in [5.74, 6) is -0.105. The van der Waals surface area contributed by atoms with Crippen LogP contribution in [-0.4, -0.2) is 24.4 Å². The third-order valence-corrected chi connectivity index (χ3v) is 4.16. The minimum atomic E-state index is -4.44. The highest BCUT2D eigenvalue weighted by Gasteiger charge is 2.34. The fourth-order valence-corrected chi connectivity index (χ4v) is 2.63. The molecule has 0 saturated heterocycles. The maximum absolute atomic E-state index is 13.3. The van der Waals surface area contributed by atoms with E-state index < -0.39 is 11.7 Å². The number of hydrogen-bond donors (Lipinski definition) is 2. The highest BCUT2D eigenvalue weighted by Crippen LogP contribution is 2.37. The first kappa shape index (κ1) is 21.8. The molecule has 0 aliphatic heterocycles. The lowest BCUT2D eigenvalue weighted by molar-refractivity contribution is -0.139. The lowest BCUT2D eigenvalue weighted by Gasteiger charge is -2.16. The maximum atomic E-state index is 13.3. The van der Waals surface area contributed by atoms with Crippen LogP contribution in [0.4, 0.5) is 13.2 Å². The van der Waals surface area contributed by atoms with Crippen LogP contribution in [0.2, 0.25) is 0 Å². The quantitative estimate of drug-likeness (QED) is 0.531. The average Bonchev–Trinajstić information content (AvgIpc) is 2.56. The van der Waals surface area contributed by atoms with Gasteiger partial charge in [-0.3, -0.25) is 0 Å². The van der Waals surface area contributed by atoms with Gasteiger partial charge in [-0.1, -0.05) is 38.7 Å². The van der Waals surface area contributed by atoms with Gasteiger partial charge in [-0.15, -0.1) is 0 Å². The fourth-order valence-electron chi connectivity index (χ4n) is 2.63. The molecule has 25 heavy (non-hydrogen) atoms. The van der Waals surface area contributed by atoms with Crippen molar-refractivity contribution in [1.29, 1.82) is 0 Å². The summed E-state index contributed by atoms with van der Waals surface area (Å²) in [5, 5.41) is 8.83. The molecule has 0 aliphatic carbocycles. The van der Waals surface area contributed by atoms with Crippen molar-refractivity contribution in [2.45, 2.75) is 70.5 Å². The van der Waals surface area contributed by atoms with Crippen LogP contribution in [-0.2, 0) is 12.6 Å². The SMILES string of the molecule is CCCCCCCOc1ccc(CC[C@@H](N)CCO)cc1C(F)(F)F. The monoisotopic (exact) mass is 361 g/mol. The largest absolute Gasteiger partial charge is 0.493 e. The predicted octanol–water partition coefficient (Wildman–Crippen LogP) is 4.70. The molecule has 144 valence electrons. The van der Waals surface area contributed by atoms with Crippen molar-refractivity contribution >= 4 is 0 Å². The highest BCUT2D eigenvalue weighted by molar-refractivity contribution is 5.39. The molecular formula is C19H30F3NO2. The normalized spacial score (nSPS) is 13.0. The van der Waals surface area contributed by atoms with Gasteiger partial charge in [-0.05, 0) is 43.4 Å². The molecule has 0 heterocycles. The topological polar surface area (TPSA) is 55.5 Å². The molecule has 0 radical (unpaired) electrons. The molecule has 0 bridgehead atoms. The highest BCUT2D eigenvalue weighted by atomic mass is 19.4. The maximum Gasteiger partial charge on any atom is 0.419 e. The zero-order valence-corrected chi connectivity index (χ0v) is 14.9. The molecule has 0 aromatic heterocycles. The van der Waals surface area contributed by atoms with E-state index in [0.717, 1.165) is 38.2 Å². The van der Waals surface area contributed by atoms with Crippen molar-refractivity contribution < 1.29 is 23.0 Å². The molecule has 0 fully saturated rings. The van der Waals surface area contributed by atoms with Gasteiger partial charge in [-0.25, -0.2) is 0 Å². The van der Waals surface area contributed by atoms with E-state index in [2.05, 4.69) is 6.92 Å². The number of aliphatic hydroxyl groups is 1. The van der Waals surface area contributed by atoms with E-state index >= 15 is 0 Å². The summed E-state index contributed by atoms with van der Waals surface area (Å²) in [6, 6.07) is 4.01. The number of aliphatic hydroxyl groups excluding tert-OH is 1. The summed E-state index contributed by atoms with van der Waals surface area (Å²) in [5.41, 5.74) is 5.65. The van der Waals surface area contributed by atoms with Crippen molar-refractivity contribution in [2.24, 2.45) is 5.73 Å². The molecule has 0 aliphatic rings. The van der Waals surface area contributed by atoms with Crippen LogP contribution in [0, 0.1) is 0 Å². The first-order valence-electron chi connectivity index (χ1n) is 9.07. The Morgan fingerprint density at radius 3 is 2.48 bits per heavy atom. The molecule has 0 amide bonds. The lowest BCUT2D eigenvalue weighted by atomic mass is 10.0. The van der Waals surface area contributed by atoms with Gasteiger partial charge in [0.1, 0.15) is 5.75 Å². The molecule has 1 rings (SSSR count). The van der Waals surface area contributed by atoms with Crippen molar-refractivity contribution in [3.63, 3.8) is 0 Å². The number of hydrogen-bond acceptors (Lipinski definition) is 3. The molecule has 1 aromatic rings. The summed E-state index contributed by atoms with van der Waals surface area (Å²) in [4.78, 5) is 0. The molecule has 3 nitrogen and oxygen atoms in total. The van der Waals surface area contributed by atoms with Crippen molar-refractivity contribution in [3.8, 4) is 5.75 Å². The number of rotatable bonds is 12. The minimum absolute atomic E-state index is 0.0139. The lowest BCUT2D eigenvalue weighted by Crippen LogP contribution is -2.22. The van der Waals surface area contributed by atoms with Gasteiger partial charge >= 0.3 is 6.18 Å². The van der Waals surface area contributed by atoms with Gasteiger partial charge in [0.25, 0.3) is 0 Å². The summed E-state index contributed by atoms with van der Waals surface area (Å²) < 4.78 is 45.2. The average molecular weight is 361 g/mol. The Morgan fingerprint density at radius 2 is 1.84 bits per heavy atom. The van der Waals surface area contributed by atoms with Crippen molar-refractivity contribution in [1.82, 2.24) is 0 Å². The summed E-state index contributed by atoms with van der Waals surface area (Å²) in [6.07, 6.45) is 2.07. The Balaban J connectivity index is 2.65. The molecule has 1 aromatic carbocycles. The number of unbranched alkanes of at least 4 members (excludes halogenated alkanes) is 4. The van der Waals surface area contributed by atoms with Gasteiger partial charge in [0, 0.05) is 12.6 Å². The van der Waals surface area contributed by atoms with E-state index in [1.54, 1.807) is 6.07 Å². The third-order valence-electron chi connectivity index (χ3n) is 4.16. The van der Waals surface area contributed by atoms with Crippen LogP contribution in [0.3, 0.4) is 0 Å². The van der Waals surface area contributed by atoms with Crippen molar-refractivity contribution in [3.05, 3.63) is 29.3 Å². The number of nitrogens with two attached hydrogens (primary N) is 1. The van der Waals surface area contributed by atoms with E-state index in [9.17, 15) is 13.2 Å². The van der Waals surface area contributed by atoms with Crippen LogP contribution in [0.1, 0.15) is 63.0 Å². The van der Waals surface area contributed by atoms with Crippen LogP contribution in [0.15, 0.2) is 18.2 Å². The standard InChI is InChI=1S/C19H30F3NO2/c1-2-3-4-5-6-13-25-18-10-8-15(7-9-16(23)11-12-24)14-17(18)19(20,21)22/h8,10,14,16,24H,2-7,9,11-13,23H2,1H3/t16-/m1/s1. The summed E-state index contributed by atoms with van der Waals surface area (Å²) in [7, 11) is 0. The Bertz CT molecular complexity index is 492. The van der Waals surface area contributed by atoms with E-state index in [1.807, 2.05) is 0 Å². The molecule has 0 saturated carbocycles. The second kappa shape index (κ2) is 11.4. The predicted molar refractivity (Wildman–Crippen MR) is 93.7 cm³/mol. The molecule has 0 spiro atoms. The van der Waals surface area contributed by atoms with Crippen LogP contribution >= 0.6 is 0 Å². The van der Waals surface area contributed by atoms with Gasteiger partial charge in [-0.2, -0.15) is 13.2 Å². The number of aryl methyl sites for hydroxylation is 1. The van der Waals surface area contributed by atoms with Gasteiger partial charge < -0.3 is 15.6 Å². The van der Waals surface area contributed by atoms with Crippen LogP contribution in [0.5, 0.6) is 5.75 Å². The molecule has 6 heteroatoms. The molecule has 0 unspecified atom stereocenters. The fraction of sp³-hybridized carbons (Fsp3) is 0.684. The van der Waals surface area contributed by atoms with E-state index in [-0.39, 0.29) is 18.4 Å². The van der Waals surface area contributed by atoms with Crippen LogP contribution in [0.25, 0.3) is 0 Å². The third kappa shape index (κ3) is 8.59. The Kier molecular flexibility index (Phi) is 9.90. The number of halogens is 3. The summed E-state index contributed by atoms with van der Waals surface area (Å²) in [6.45, 7) is 2.40. The van der Waals surface area contributed by atoms with Gasteiger partial charge in [0.05, 0.1) is 12.2 Å². The van der Waals surface area contributed by atoms with Crippen LogP contribution < -0.4 is 10.5 Å². The van der Waals surface area contributed by atoms with Gasteiger partial charge in [0.2, 0.25) is 0 Å². The van der Waals surface area contributed by atoms with Gasteiger partial charge in [0.15, 0.2) is 0 Å². The van der Waals surface area contributed by atoms with E-state index in [0.29, 0.717) is 31.4 Å². The van der Waals surface area contributed by atoms with E-state index in [4.69, 9.17) is 15.6 Å². The minimum Gasteiger partial charge on any atom is -0.493 e. The first-order valence-corrected chi connectivity index (χ1v) is 9.07. The Morgan fingerprint density at radius 1 is 1.12 bits per heavy atom. The second-order valence-electron chi connectivity index (χ2n) is 6.40. The smallest absolute Gasteiger partial charge is 0.419 e. The molecule has 1 atom stereocenters.